The number of aromatic amines is 1. The van der Waals surface area contributed by atoms with Crippen LogP contribution in [0.2, 0.25) is 0 Å². The first kappa shape index (κ1) is 13.5. The highest BCUT2D eigenvalue weighted by Crippen LogP contribution is 2.16. The van der Waals surface area contributed by atoms with Crippen molar-refractivity contribution >= 4 is 17.6 Å². The van der Waals surface area contributed by atoms with Crippen LogP contribution in [0.5, 0.6) is 0 Å². The highest BCUT2D eigenvalue weighted by atomic mass is 16.2. The molecule has 20 heavy (non-hydrogen) atoms. The van der Waals surface area contributed by atoms with Crippen LogP contribution in [0, 0.1) is 0 Å². The Balaban J connectivity index is 2.00. The quantitative estimate of drug-likeness (QED) is 0.657. The van der Waals surface area contributed by atoms with Crippen molar-refractivity contribution in [3.8, 4) is 0 Å². The summed E-state index contributed by atoms with van der Waals surface area (Å²) < 4.78 is 0. The van der Waals surface area contributed by atoms with E-state index < -0.39 is 6.03 Å². The summed E-state index contributed by atoms with van der Waals surface area (Å²) in [6.07, 6.45) is 1.27. The van der Waals surface area contributed by atoms with Gasteiger partial charge in [-0.05, 0) is 24.6 Å². The van der Waals surface area contributed by atoms with Gasteiger partial charge < -0.3 is 16.4 Å². The summed E-state index contributed by atoms with van der Waals surface area (Å²) >= 11 is 0. The van der Waals surface area contributed by atoms with Gasteiger partial charge in [0.05, 0.1) is 6.04 Å². The lowest BCUT2D eigenvalue weighted by Gasteiger charge is -2.13. The lowest BCUT2D eigenvalue weighted by Crippen LogP contribution is -2.27. The van der Waals surface area contributed by atoms with E-state index in [4.69, 9.17) is 5.73 Å². The Hall–Kier alpha value is -2.90. The van der Waals surface area contributed by atoms with E-state index in [0.717, 1.165) is 5.56 Å². The zero-order chi connectivity index (χ0) is 14.5. The molecule has 1 aromatic carbocycles. The second kappa shape index (κ2) is 5.83. The predicted molar refractivity (Wildman–Crippen MR) is 71.9 cm³/mol. The van der Waals surface area contributed by atoms with Crippen LogP contribution in [0.25, 0.3) is 0 Å². The van der Waals surface area contributed by atoms with Crippen molar-refractivity contribution in [1.82, 2.24) is 20.5 Å². The van der Waals surface area contributed by atoms with Crippen LogP contribution in [-0.2, 0) is 0 Å². The van der Waals surface area contributed by atoms with E-state index in [9.17, 15) is 9.59 Å². The van der Waals surface area contributed by atoms with E-state index in [2.05, 4.69) is 25.8 Å². The van der Waals surface area contributed by atoms with Crippen molar-refractivity contribution in [3.63, 3.8) is 0 Å². The summed E-state index contributed by atoms with van der Waals surface area (Å²) in [6.45, 7) is 1.84. The number of nitrogens with one attached hydrogen (secondary N) is 3. The van der Waals surface area contributed by atoms with Crippen LogP contribution in [0.15, 0.2) is 30.6 Å². The van der Waals surface area contributed by atoms with E-state index in [1.165, 1.54) is 6.33 Å². The van der Waals surface area contributed by atoms with Gasteiger partial charge in [-0.2, -0.15) is 5.10 Å². The van der Waals surface area contributed by atoms with E-state index in [-0.39, 0.29) is 17.8 Å². The second-order valence-corrected chi connectivity index (χ2v) is 4.14. The fraction of sp³-hybridized carbons (Fsp3) is 0.167. The number of amides is 3. The molecule has 2 aromatic rings. The van der Waals surface area contributed by atoms with Gasteiger partial charge in [-0.15, -0.1) is 0 Å². The van der Waals surface area contributed by atoms with Crippen molar-refractivity contribution < 1.29 is 9.59 Å². The molecule has 1 unspecified atom stereocenters. The summed E-state index contributed by atoms with van der Waals surface area (Å²) in [4.78, 5) is 26.3. The summed E-state index contributed by atoms with van der Waals surface area (Å²) in [6, 6.07) is 6.15. The van der Waals surface area contributed by atoms with Crippen LogP contribution in [0.3, 0.4) is 0 Å². The largest absolute Gasteiger partial charge is 0.351 e. The van der Waals surface area contributed by atoms with Gasteiger partial charge in [-0.3, -0.25) is 9.89 Å². The maximum Gasteiger partial charge on any atom is 0.316 e. The van der Waals surface area contributed by atoms with Gasteiger partial charge in [0.2, 0.25) is 5.82 Å². The van der Waals surface area contributed by atoms with E-state index in [1.807, 2.05) is 6.92 Å². The molecule has 1 heterocycles. The molecule has 1 atom stereocenters. The number of primary amides is 1. The Morgan fingerprint density at radius 2 is 2.00 bits per heavy atom. The van der Waals surface area contributed by atoms with Gasteiger partial charge in [0.15, 0.2) is 0 Å². The van der Waals surface area contributed by atoms with Gasteiger partial charge >= 0.3 is 6.03 Å². The zero-order valence-corrected chi connectivity index (χ0v) is 10.8. The lowest BCUT2D eigenvalue weighted by molar-refractivity contribution is 0.0930. The van der Waals surface area contributed by atoms with Gasteiger partial charge in [-0.25, -0.2) is 9.78 Å². The molecule has 3 amide bonds. The first-order chi connectivity index (χ1) is 9.56. The average molecular weight is 274 g/mol. The number of hydrogen-bond acceptors (Lipinski definition) is 4. The van der Waals surface area contributed by atoms with Crippen molar-refractivity contribution in [1.29, 1.82) is 0 Å². The molecule has 1 aromatic heterocycles. The molecule has 8 nitrogen and oxygen atoms in total. The molecule has 2 rings (SSSR count). The fourth-order valence-corrected chi connectivity index (χ4v) is 1.66. The summed E-state index contributed by atoms with van der Waals surface area (Å²) in [5.41, 5.74) is 6.49. The Morgan fingerprint density at radius 3 is 2.55 bits per heavy atom. The third-order valence-electron chi connectivity index (χ3n) is 2.66. The molecule has 0 fully saturated rings. The number of hydrogen-bond donors (Lipinski definition) is 4. The van der Waals surface area contributed by atoms with Gasteiger partial charge in [0, 0.05) is 5.69 Å². The number of carbonyl (C=O) groups is 2. The van der Waals surface area contributed by atoms with Crippen molar-refractivity contribution in [2.24, 2.45) is 5.73 Å². The van der Waals surface area contributed by atoms with Gasteiger partial charge in [-0.1, -0.05) is 12.1 Å². The van der Waals surface area contributed by atoms with E-state index in [1.54, 1.807) is 24.3 Å². The predicted octanol–water partition coefficient (Wildman–Crippen LogP) is 0.786. The summed E-state index contributed by atoms with van der Waals surface area (Å²) in [5.74, 6) is -0.182. The Labute approximate surface area is 114 Å². The molecule has 0 aliphatic rings. The average Bonchev–Trinajstić information content (AvgIpc) is 2.92. The number of nitrogens with zero attached hydrogens (tertiary/aromatic N) is 2. The number of urea groups is 1. The normalized spacial score (nSPS) is 11.7. The molecular formula is C12H14N6O2. The van der Waals surface area contributed by atoms with Gasteiger partial charge in [0.1, 0.15) is 6.33 Å². The standard InChI is InChI=1S/C12H14N6O2/c1-7(16-11(19)10-14-6-15-18-10)8-2-4-9(5-3-8)17-12(13)20/h2-7H,1H3,(H,16,19)(H3,13,17,20)(H,14,15,18). The number of carbonyl (C=O) groups excluding carboxylic acids is 2. The third kappa shape index (κ3) is 3.31. The minimum absolute atomic E-state index is 0.156. The van der Waals surface area contributed by atoms with Crippen molar-refractivity contribution in [3.05, 3.63) is 42.0 Å². The molecule has 0 bridgehead atoms. The lowest BCUT2D eigenvalue weighted by atomic mass is 10.1. The number of nitrogens with two attached hydrogens (primary N) is 1. The van der Waals surface area contributed by atoms with Crippen LogP contribution in [0.1, 0.15) is 29.1 Å². The molecule has 104 valence electrons. The maximum atomic E-state index is 11.8. The molecule has 0 spiro atoms. The SMILES string of the molecule is CC(NC(=O)c1ncn[nH]1)c1ccc(NC(N)=O)cc1. The van der Waals surface area contributed by atoms with Crippen LogP contribution in [-0.4, -0.2) is 27.1 Å². The number of rotatable bonds is 4. The van der Waals surface area contributed by atoms with Crippen molar-refractivity contribution in [2.75, 3.05) is 5.32 Å². The first-order valence-electron chi connectivity index (χ1n) is 5.89. The number of benzene rings is 1. The Bertz CT molecular complexity index is 593. The second-order valence-electron chi connectivity index (χ2n) is 4.14. The molecule has 0 aliphatic heterocycles. The minimum atomic E-state index is -0.621. The van der Waals surface area contributed by atoms with Crippen molar-refractivity contribution in [2.45, 2.75) is 13.0 Å². The summed E-state index contributed by atoms with van der Waals surface area (Å²) in [7, 11) is 0. The summed E-state index contributed by atoms with van der Waals surface area (Å²) in [5, 5.41) is 11.3. The van der Waals surface area contributed by atoms with E-state index in [0.29, 0.717) is 5.69 Å². The molecule has 0 saturated heterocycles. The molecule has 0 radical (unpaired) electrons. The molecule has 0 aliphatic carbocycles. The smallest absolute Gasteiger partial charge is 0.316 e. The maximum absolute atomic E-state index is 11.8. The number of H-pyrrole nitrogens is 1. The van der Waals surface area contributed by atoms with Crippen LogP contribution < -0.4 is 16.4 Å². The Kier molecular flexibility index (Phi) is 3.94. The number of aromatic nitrogens is 3. The van der Waals surface area contributed by atoms with E-state index >= 15 is 0 Å². The highest BCUT2D eigenvalue weighted by Gasteiger charge is 2.13. The topological polar surface area (TPSA) is 126 Å². The zero-order valence-electron chi connectivity index (χ0n) is 10.8. The minimum Gasteiger partial charge on any atom is -0.351 e. The number of anilines is 1. The van der Waals surface area contributed by atoms with Gasteiger partial charge in [0.25, 0.3) is 5.91 Å². The fourth-order valence-electron chi connectivity index (χ4n) is 1.66. The molecule has 0 saturated carbocycles. The highest BCUT2D eigenvalue weighted by molar-refractivity contribution is 5.90. The molecular weight excluding hydrogens is 260 g/mol. The van der Waals surface area contributed by atoms with Crippen LogP contribution in [0.4, 0.5) is 10.5 Å². The first-order valence-corrected chi connectivity index (χ1v) is 5.89. The molecule has 8 heteroatoms. The molecule has 5 N–H and O–H groups in total. The monoisotopic (exact) mass is 274 g/mol. The Morgan fingerprint density at radius 1 is 1.30 bits per heavy atom. The van der Waals surface area contributed by atoms with Crippen LogP contribution >= 0.6 is 0 Å². The third-order valence-corrected chi connectivity index (χ3v) is 2.66.